The second-order valence-electron chi connectivity index (χ2n) is 5.42. The fraction of sp³-hybridized carbons (Fsp3) is 0.846. The van der Waals surface area contributed by atoms with Gasteiger partial charge < -0.3 is 39.7 Å². The molecule has 2 unspecified atom stereocenters. The number of rotatable bonds is 3. The predicted molar refractivity (Wildman–Crippen MR) is 68.7 cm³/mol. The third-order valence-corrected chi connectivity index (χ3v) is 3.75. The highest BCUT2D eigenvalue weighted by Gasteiger charge is 2.45. The van der Waals surface area contributed by atoms with Gasteiger partial charge in [-0.15, -0.1) is 0 Å². The first-order valence-electron chi connectivity index (χ1n) is 6.85. The van der Waals surface area contributed by atoms with E-state index >= 15 is 0 Å². The third-order valence-electron chi connectivity index (χ3n) is 3.75. The number of aliphatic hydroxyl groups is 5. The normalized spacial score (nSPS) is 44.8. The quantitative estimate of drug-likeness (QED) is 0.413. The molecular weight excluding hydrogens is 284 g/mol. The van der Waals surface area contributed by atoms with E-state index in [9.17, 15) is 20.4 Å². The summed E-state index contributed by atoms with van der Waals surface area (Å²) in [5.74, 6) is 0.394. The Bertz CT molecular complexity index is 396. The van der Waals surface area contributed by atoms with Crippen molar-refractivity contribution in [2.24, 2.45) is 0 Å². The second kappa shape index (κ2) is 6.57. The van der Waals surface area contributed by atoms with Crippen LogP contribution in [0.4, 0.5) is 0 Å². The van der Waals surface area contributed by atoms with Gasteiger partial charge in [0.25, 0.3) is 0 Å². The molecule has 8 heteroatoms. The van der Waals surface area contributed by atoms with E-state index < -0.39 is 43.6 Å². The summed E-state index contributed by atoms with van der Waals surface area (Å²) in [4.78, 5) is 0. The molecule has 122 valence electrons. The number of hydrogen-bond donors (Lipinski definition) is 5. The summed E-state index contributed by atoms with van der Waals surface area (Å²) in [6.07, 6.45) is -7.68. The Morgan fingerprint density at radius 2 is 1.76 bits per heavy atom. The first kappa shape index (κ1) is 16.6. The Labute approximate surface area is 122 Å². The molecule has 7 atom stereocenters. The van der Waals surface area contributed by atoms with Crippen molar-refractivity contribution in [3.63, 3.8) is 0 Å². The zero-order chi connectivity index (χ0) is 15.7. The fourth-order valence-corrected chi connectivity index (χ4v) is 2.38. The summed E-state index contributed by atoms with van der Waals surface area (Å²) in [6.45, 7) is 2.85. The topological polar surface area (TPSA) is 129 Å². The van der Waals surface area contributed by atoms with Gasteiger partial charge in [-0.2, -0.15) is 0 Å². The summed E-state index contributed by atoms with van der Waals surface area (Å²) in [7, 11) is 0. The maximum absolute atomic E-state index is 9.91. The minimum Gasteiger partial charge on any atom is -0.466 e. The minimum atomic E-state index is -1.50. The van der Waals surface area contributed by atoms with E-state index in [1.54, 1.807) is 13.8 Å². The highest BCUT2D eigenvalue weighted by molar-refractivity contribution is 5.12. The van der Waals surface area contributed by atoms with Gasteiger partial charge >= 0.3 is 0 Å². The van der Waals surface area contributed by atoms with Crippen molar-refractivity contribution in [2.75, 3.05) is 6.61 Å². The lowest BCUT2D eigenvalue weighted by atomic mass is 9.99. The van der Waals surface area contributed by atoms with Gasteiger partial charge in [-0.05, 0) is 13.8 Å². The Balaban J connectivity index is 2.12. The Hall–Kier alpha value is -0.740. The van der Waals surface area contributed by atoms with Crippen molar-refractivity contribution in [2.45, 2.75) is 63.4 Å². The highest BCUT2D eigenvalue weighted by atomic mass is 16.7. The summed E-state index contributed by atoms with van der Waals surface area (Å²) < 4.78 is 16.0. The lowest BCUT2D eigenvalue weighted by molar-refractivity contribution is -0.294. The minimum absolute atomic E-state index is 0.274. The van der Waals surface area contributed by atoms with E-state index in [0.717, 1.165) is 0 Å². The van der Waals surface area contributed by atoms with Crippen LogP contribution in [-0.4, -0.2) is 75.2 Å². The van der Waals surface area contributed by atoms with Crippen molar-refractivity contribution >= 4 is 0 Å². The van der Waals surface area contributed by atoms with Gasteiger partial charge in [0.1, 0.15) is 30.2 Å². The molecule has 0 amide bonds. The van der Waals surface area contributed by atoms with Crippen LogP contribution >= 0.6 is 0 Å². The van der Waals surface area contributed by atoms with E-state index in [1.807, 2.05) is 0 Å². The van der Waals surface area contributed by atoms with Crippen LogP contribution in [0.2, 0.25) is 0 Å². The molecule has 2 heterocycles. The number of aliphatic hydroxyl groups excluding tert-OH is 5. The van der Waals surface area contributed by atoms with E-state index in [0.29, 0.717) is 17.8 Å². The molecule has 0 spiro atoms. The molecular formula is C13H22O8. The third kappa shape index (κ3) is 3.37. The lowest BCUT2D eigenvalue weighted by Crippen LogP contribution is -2.59. The zero-order valence-electron chi connectivity index (χ0n) is 11.9. The van der Waals surface area contributed by atoms with Crippen LogP contribution in [0.5, 0.6) is 0 Å². The summed E-state index contributed by atoms with van der Waals surface area (Å²) in [6, 6.07) is 0. The molecule has 5 N–H and O–H groups in total. The van der Waals surface area contributed by atoms with E-state index in [1.165, 1.54) is 0 Å². The first-order chi connectivity index (χ1) is 9.85. The van der Waals surface area contributed by atoms with E-state index in [-0.39, 0.29) is 6.10 Å². The standard InChI is InChI=1S/C13H22O8/c1-5-3-7(6(2)12(18)19-5)20-13-11(17)10(16)9(15)8(4-14)21-13/h5,8-18H,3-4H2,1-2H3/t5?,8-,9-,10+,11-,12?,13-/m1/s1. The molecule has 1 fully saturated rings. The van der Waals surface area contributed by atoms with E-state index in [4.69, 9.17) is 19.3 Å². The van der Waals surface area contributed by atoms with E-state index in [2.05, 4.69) is 0 Å². The Morgan fingerprint density at radius 3 is 2.38 bits per heavy atom. The molecule has 2 aliphatic heterocycles. The fourth-order valence-electron chi connectivity index (χ4n) is 2.38. The van der Waals surface area contributed by atoms with Gasteiger partial charge in [-0.1, -0.05) is 0 Å². The van der Waals surface area contributed by atoms with Crippen molar-refractivity contribution < 1.29 is 39.7 Å². The smallest absolute Gasteiger partial charge is 0.228 e. The van der Waals surface area contributed by atoms with Crippen LogP contribution in [0.15, 0.2) is 11.3 Å². The molecule has 0 saturated carbocycles. The summed E-state index contributed by atoms with van der Waals surface area (Å²) in [5.41, 5.74) is 0.449. The molecule has 0 radical (unpaired) electrons. The first-order valence-corrected chi connectivity index (χ1v) is 6.85. The molecule has 1 saturated heterocycles. The predicted octanol–water partition coefficient (Wildman–Crippen LogP) is -1.80. The van der Waals surface area contributed by atoms with Crippen LogP contribution in [0, 0.1) is 0 Å². The molecule has 0 aromatic carbocycles. The maximum Gasteiger partial charge on any atom is 0.228 e. The zero-order valence-corrected chi connectivity index (χ0v) is 11.9. The SMILES string of the molecule is CC1=C(O[C@@H]2O[C@H](CO)[C@@H](O)[C@H](O)[C@H]2O)CC(C)OC1O. The molecule has 0 aromatic heterocycles. The van der Waals surface area contributed by atoms with Crippen LogP contribution in [0.1, 0.15) is 20.3 Å². The molecule has 8 nitrogen and oxygen atoms in total. The van der Waals surface area contributed by atoms with Gasteiger partial charge in [0.2, 0.25) is 6.29 Å². The summed E-state index contributed by atoms with van der Waals surface area (Å²) in [5, 5.41) is 48.1. The van der Waals surface area contributed by atoms with Crippen LogP contribution in [0.25, 0.3) is 0 Å². The second-order valence-corrected chi connectivity index (χ2v) is 5.42. The number of hydrogen-bond acceptors (Lipinski definition) is 8. The van der Waals surface area contributed by atoms with Crippen molar-refractivity contribution in [3.8, 4) is 0 Å². The highest BCUT2D eigenvalue weighted by Crippen LogP contribution is 2.30. The molecule has 0 aromatic rings. The van der Waals surface area contributed by atoms with Crippen molar-refractivity contribution in [1.82, 2.24) is 0 Å². The van der Waals surface area contributed by atoms with Crippen LogP contribution in [0.3, 0.4) is 0 Å². The van der Waals surface area contributed by atoms with Gasteiger partial charge in [0.15, 0.2) is 6.29 Å². The average molecular weight is 306 g/mol. The molecule has 2 rings (SSSR count). The molecule has 0 aliphatic carbocycles. The monoisotopic (exact) mass is 306 g/mol. The largest absolute Gasteiger partial charge is 0.466 e. The van der Waals surface area contributed by atoms with Crippen LogP contribution < -0.4 is 0 Å². The van der Waals surface area contributed by atoms with Gasteiger partial charge in [-0.25, -0.2) is 0 Å². The Morgan fingerprint density at radius 1 is 1.10 bits per heavy atom. The maximum atomic E-state index is 9.91. The molecule has 2 aliphatic rings. The Kier molecular flexibility index (Phi) is 5.20. The lowest BCUT2D eigenvalue weighted by Gasteiger charge is -2.41. The van der Waals surface area contributed by atoms with Gasteiger partial charge in [0.05, 0.1) is 12.7 Å². The van der Waals surface area contributed by atoms with Gasteiger partial charge in [0, 0.05) is 12.0 Å². The van der Waals surface area contributed by atoms with Crippen molar-refractivity contribution in [1.29, 1.82) is 0 Å². The molecule has 0 bridgehead atoms. The van der Waals surface area contributed by atoms with Crippen LogP contribution in [-0.2, 0) is 14.2 Å². The van der Waals surface area contributed by atoms with Crippen molar-refractivity contribution in [3.05, 3.63) is 11.3 Å². The number of ether oxygens (including phenoxy) is 3. The summed E-state index contributed by atoms with van der Waals surface area (Å²) >= 11 is 0. The van der Waals surface area contributed by atoms with Gasteiger partial charge in [-0.3, -0.25) is 0 Å². The average Bonchev–Trinajstić information content (AvgIpc) is 2.44. The molecule has 21 heavy (non-hydrogen) atoms.